The number of nitrogen functional groups attached to an aromatic ring is 1. The van der Waals surface area contributed by atoms with Crippen molar-refractivity contribution in [2.45, 2.75) is 18.9 Å². The molecule has 1 atom stereocenters. The molecule has 2 N–H and O–H groups in total. The van der Waals surface area contributed by atoms with Crippen LogP contribution in [0.5, 0.6) is 0 Å². The Morgan fingerprint density at radius 2 is 2.10 bits per heavy atom. The Labute approximate surface area is 119 Å². The molecule has 0 aliphatic carbocycles. The molecule has 1 fully saturated rings. The SMILES string of the molecule is Nc1ccc(-c2nn3c(C4CCCO4)nnc3s2)cc1. The second-order valence-corrected chi connectivity index (χ2v) is 5.74. The Morgan fingerprint density at radius 1 is 1.25 bits per heavy atom. The van der Waals surface area contributed by atoms with Gasteiger partial charge in [-0.3, -0.25) is 0 Å². The second kappa shape index (κ2) is 4.53. The molecule has 102 valence electrons. The number of anilines is 1. The molecule has 0 radical (unpaired) electrons. The third kappa shape index (κ3) is 1.86. The van der Waals surface area contributed by atoms with Gasteiger partial charge in [0.2, 0.25) is 4.96 Å². The summed E-state index contributed by atoms with van der Waals surface area (Å²) in [7, 11) is 0. The van der Waals surface area contributed by atoms with E-state index in [9.17, 15) is 0 Å². The van der Waals surface area contributed by atoms with Crippen molar-refractivity contribution < 1.29 is 4.74 Å². The lowest BCUT2D eigenvalue weighted by molar-refractivity contribution is 0.103. The van der Waals surface area contributed by atoms with E-state index in [0.29, 0.717) is 0 Å². The molecule has 20 heavy (non-hydrogen) atoms. The summed E-state index contributed by atoms with van der Waals surface area (Å²) in [5.41, 5.74) is 7.49. The molecule has 7 heteroatoms. The van der Waals surface area contributed by atoms with Gasteiger partial charge in [-0.1, -0.05) is 11.3 Å². The summed E-state index contributed by atoms with van der Waals surface area (Å²) < 4.78 is 7.46. The predicted molar refractivity (Wildman–Crippen MR) is 76.4 cm³/mol. The molecule has 1 aliphatic rings. The van der Waals surface area contributed by atoms with Gasteiger partial charge in [-0.15, -0.1) is 10.2 Å². The summed E-state index contributed by atoms with van der Waals surface area (Å²) >= 11 is 1.52. The van der Waals surface area contributed by atoms with Crippen molar-refractivity contribution in [1.29, 1.82) is 0 Å². The van der Waals surface area contributed by atoms with Crippen molar-refractivity contribution in [1.82, 2.24) is 19.8 Å². The van der Waals surface area contributed by atoms with Gasteiger partial charge in [0, 0.05) is 17.9 Å². The minimum absolute atomic E-state index is 0.0198. The Balaban J connectivity index is 1.77. The van der Waals surface area contributed by atoms with Crippen LogP contribution >= 0.6 is 11.3 Å². The minimum Gasteiger partial charge on any atom is -0.399 e. The lowest BCUT2D eigenvalue weighted by Gasteiger charge is -2.04. The highest BCUT2D eigenvalue weighted by atomic mass is 32.1. The van der Waals surface area contributed by atoms with Crippen molar-refractivity contribution in [3.8, 4) is 10.6 Å². The first-order valence-corrected chi connectivity index (χ1v) is 7.32. The fourth-order valence-corrected chi connectivity index (χ4v) is 3.21. The zero-order chi connectivity index (χ0) is 13.5. The van der Waals surface area contributed by atoms with E-state index in [1.807, 2.05) is 24.3 Å². The van der Waals surface area contributed by atoms with Gasteiger partial charge in [0.15, 0.2) is 5.82 Å². The van der Waals surface area contributed by atoms with Gasteiger partial charge in [-0.25, -0.2) is 0 Å². The minimum atomic E-state index is 0.0198. The smallest absolute Gasteiger partial charge is 0.235 e. The van der Waals surface area contributed by atoms with Crippen LogP contribution in [0.3, 0.4) is 0 Å². The molecule has 4 rings (SSSR count). The molecule has 0 amide bonds. The normalized spacial score (nSPS) is 18.9. The number of nitrogens with zero attached hydrogens (tertiary/aromatic N) is 4. The zero-order valence-electron chi connectivity index (χ0n) is 10.7. The van der Waals surface area contributed by atoms with E-state index in [1.165, 1.54) is 11.3 Å². The van der Waals surface area contributed by atoms with Crippen LogP contribution in [-0.4, -0.2) is 26.4 Å². The van der Waals surface area contributed by atoms with E-state index in [2.05, 4.69) is 15.3 Å². The number of ether oxygens (including phenoxy) is 1. The molecule has 0 saturated carbocycles. The van der Waals surface area contributed by atoms with Crippen molar-refractivity contribution >= 4 is 22.0 Å². The first kappa shape index (κ1) is 11.8. The van der Waals surface area contributed by atoms with Crippen LogP contribution in [0.4, 0.5) is 5.69 Å². The maximum absolute atomic E-state index is 5.71. The molecular formula is C13H13N5OS. The van der Waals surface area contributed by atoms with Crippen molar-refractivity contribution in [2.75, 3.05) is 12.3 Å². The lowest BCUT2D eigenvalue weighted by atomic mass is 10.2. The van der Waals surface area contributed by atoms with Gasteiger partial charge in [0.25, 0.3) is 0 Å². The molecule has 1 saturated heterocycles. The van der Waals surface area contributed by atoms with E-state index in [-0.39, 0.29) is 6.10 Å². The van der Waals surface area contributed by atoms with E-state index in [1.54, 1.807) is 4.52 Å². The molecular weight excluding hydrogens is 274 g/mol. The highest BCUT2D eigenvalue weighted by molar-refractivity contribution is 7.19. The van der Waals surface area contributed by atoms with Crippen LogP contribution in [0, 0.1) is 0 Å². The third-order valence-corrected chi connectivity index (χ3v) is 4.34. The number of hydrogen-bond acceptors (Lipinski definition) is 6. The number of aromatic nitrogens is 4. The number of fused-ring (bicyclic) bond motifs is 1. The van der Waals surface area contributed by atoms with E-state index in [0.717, 1.165) is 46.5 Å². The maximum Gasteiger partial charge on any atom is 0.235 e. The van der Waals surface area contributed by atoms with Crippen LogP contribution in [0.25, 0.3) is 15.5 Å². The topological polar surface area (TPSA) is 78.3 Å². The highest BCUT2D eigenvalue weighted by Gasteiger charge is 2.25. The Bertz CT molecular complexity index is 742. The summed E-state index contributed by atoms with van der Waals surface area (Å²) in [5.74, 6) is 0.801. The zero-order valence-corrected chi connectivity index (χ0v) is 11.5. The average Bonchev–Trinajstić information content (AvgIpc) is 3.15. The van der Waals surface area contributed by atoms with Crippen LogP contribution in [-0.2, 0) is 4.74 Å². The summed E-state index contributed by atoms with van der Waals surface area (Å²) in [4.78, 5) is 0.794. The molecule has 1 aliphatic heterocycles. The van der Waals surface area contributed by atoms with Crippen LogP contribution in [0.15, 0.2) is 24.3 Å². The molecule has 2 aromatic heterocycles. The monoisotopic (exact) mass is 287 g/mol. The lowest BCUT2D eigenvalue weighted by Crippen LogP contribution is -2.03. The quantitative estimate of drug-likeness (QED) is 0.732. The van der Waals surface area contributed by atoms with Gasteiger partial charge in [-0.05, 0) is 37.1 Å². The van der Waals surface area contributed by atoms with Crippen molar-refractivity contribution in [2.24, 2.45) is 0 Å². The van der Waals surface area contributed by atoms with E-state index < -0.39 is 0 Å². The summed E-state index contributed by atoms with van der Waals surface area (Å²) in [6.07, 6.45) is 2.07. The number of nitrogens with two attached hydrogens (primary N) is 1. The van der Waals surface area contributed by atoms with Crippen LogP contribution in [0.2, 0.25) is 0 Å². The molecule has 0 spiro atoms. The largest absolute Gasteiger partial charge is 0.399 e. The Morgan fingerprint density at radius 3 is 2.85 bits per heavy atom. The fourth-order valence-electron chi connectivity index (χ4n) is 2.36. The molecule has 6 nitrogen and oxygen atoms in total. The van der Waals surface area contributed by atoms with E-state index >= 15 is 0 Å². The average molecular weight is 287 g/mol. The van der Waals surface area contributed by atoms with Gasteiger partial charge in [0.1, 0.15) is 11.1 Å². The standard InChI is InChI=1S/C13H13N5OS/c14-9-5-3-8(4-6-9)12-17-18-11(10-2-1-7-19-10)15-16-13(18)20-12/h3-6,10H,1-2,7,14H2. The number of benzene rings is 1. The summed E-state index contributed by atoms with van der Waals surface area (Å²) in [6.45, 7) is 0.786. The molecule has 1 unspecified atom stereocenters. The third-order valence-electron chi connectivity index (χ3n) is 3.39. The Hall–Kier alpha value is -1.99. The van der Waals surface area contributed by atoms with Gasteiger partial charge in [-0.2, -0.15) is 9.61 Å². The fraction of sp³-hybridized carbons (Fsp3) is 0.308. The molecule has 3 heterocycles. The van der Waals surface area contributed by atoms with Gasteiger partial charge < -0.3 is 10.5 Å². The number of hydrogen-bond donors (Lipinski definition) is 1. The Kier molecular flexibility index (Phi) is 2.68. The van der Waals surface area contributed by atoms with Crippen molar-refractivity contribution in [3.05, 3.63) is 30.1 Å². The molecule has 3 aromatic rings. The van der Waals surface area contributed by atoms with E-state index in [4.69, 9.17) is 10.5 Å². The predicted octanol–water partition coefficient (Wildman–Crippen LogP) is 2.29. The van der Waals surface area contributed by atoms with Crippen molar-refractivity contribution in [3.63, 3.8) is 0 Å². The molecule has 1 aromatic carbocycles. The molecule has 0 bridgehead atoms. The summed E-state index contributed by atoms with van der Waals surface area (Å²) in [5, 5.41) is 13.9. The number of rotatable bonds is 2. The first-order valence-electron chi connectivity index (χ1n) is 6.51. The van der Waals surface area contributed by atoms with Crippen LogP contribution < -0.4 is 5.73 Å². The second-order valence-electron chi connectivity index (χ2n) is 4.78. The maximum atomic E-state index is 5.71. The van der Waals surface area contributed by atoms with Gasteiger partial charge in [0.05, 0.1) is 0 Å². The van der Waals surface area contributed by atoms with Gasteiger partial charge >= 0.3 is 0 Å². The first-order chi connectivity index (χ1) is 9.81. The van der Waals surface area contributed by atoms with Crippen LogP contribution in [0.1, 0.15) is 24.8 Å². The summed E-state index contributed by atoms with van der Waals surface area (Å²) in [6, 6.07) is 7.68. The highest BCUT2D eigenvalue weighted by Crippen LogP contribution is 2.31.